The van der Waals surface area contributed by atoms with Gasteiger partial charge in [-0.25, -0.2) is 8.78 Å². The summed E-state index contributed by atoms with van der Waals surface area (Å²) in [5, 5.41) is 0. The van der Waals surface area contributed by atoms with E-state index in [2.05, 4.69) is 0 Å². The van der Waals surface area contributed by atoms with Crippen LogP contribution in [0, 0.1) is 0 Å². The Kier molecular flexibility index (Phi) is 2.07. The molecule has 1 saturated carbocycles. The zero-order valence-electron chi connectivity index (χ0n) is 7.56. The van der Waals surface area contributed by atoms with Crippen molar-refractivity contribution in [3.05, 3.63) is 29.8 Å². The normalized spacial score (nSPS) is 23.9. The minimum atomic E-state index is -5.03. The maximum absolute atomic E-state index is 12.6. The van der Waals surface area contributed by atoms with E-state index in [4.69, 9.17) is 0 Å². The van der Waals surface area contributed by atoms with Crippen LogP contribution in [0.2, 0.25) is 0 Å². The molecule has 0 N–H and O–H groups in total. The van der Waals surface area contributed by atoms with Crippen LogP contribution in [0.25, 0.3) is 0 Å². The Balaban J connectivity index is 2.19. The lowest BCUT2D eigenvalue weighted by Crippen LogP contribution is -2.33. The molecular formula is C9H7BF5-. The van der Waals surface area contributed by atoms with Gasteiger partial charge < -0.3 is 12.9 Å². The Morgan fingerprint density at radius 3 is 1.87 bits per heavy atom. The molecule has 2 rings (SSSR count). The monoisotopic (exact) mass is 221 g/mol. The largest absolute Gasteiger partial charge is 0.509 e. The van der Waals surface area contributed by atoms with Gasteiger partial charge in [0.25, 0.3) is 5.92 Å². The van der Waals surface area contributed by atoms with Crippen molar-refractivity contribution in [2.75, 3.05) is 0 Å². The topological polar surface area (TPSA) is 0 Å². The van der Waals surface area contributed by atoms with E-state index >= 15 is 0 Å². The number of hydrogen-bond donors (Lipinski definition) is 0. The zero-order chi connectivity index (χ0) is 11.3. The third kappa shape index (κ3) is 1.98. The highest BCUT2D eigenvalue weighted by Crippen LogP contribution is 2.55. The molecular weight excluding hydrogens is 214 g/mol. The van der Waals surface area contributed by atoms with Crippen LogP contribution >= 0.6 is 0 Å². The summed E-state index contributed by atoms with van der Waals surface area (Å²) in [6.07, 6.45) is -0.260. The lowest BCUT2D eigenvalue weighted by Gasteiger charge is -2.14. The molecule has 0 nitrogen and oxygen atoms in total. The summed E-state index contributed by atoms with van der Waals surface area (Å²) in [5.41, 5.74) is -0.466. The van der Waals surface area contributed by atoms with Crippen molar-refractivity contribution in [1.82, 2.24) is 0 Å². The van der Waals surface area contributed by atoms with Crippen LogP contribution in [0.3, 0.4) is 0 Å². The molecule has 0 heterocycles. The van der Waals surface area contributed by atoms with Gasteiger partial charge in [0.05, 0.1) is 5.92 Å². The Hall–Kier alpha value is -1.07. The minimum absolute atomic E-state index is 0.260. The molecule has 0 spiro atoms. The van der Waals surface area contributed by atoms with E-state index in [0.29, 0.717) is 0 Å². The molecule has 1 aromatic carbocycles. The summed E-state index contributed by atoms with van der Waals surface area (Å²) in [6.45, 7) is -5.03. The average molecular weight is 221 g/mol. The van der Waals surface area contributed by atoms with E-state index < -0.39 is 24.3 Å². The first-order valence-corrected chi connectivity index (χ1v) is 4.48. The van der Waals surface area contributed by atoms with Crippen molar-refractivity contribution in [2.24, 2.45) is 0 Å². The molecule has 0 radical (unpaired) electrons. The predicted molar refractivity (Wildman–Crippen MR) is 47.5 cm³/mol. The zero-order valence-corrected chi connectivity index (χ0v) is 7.56. The van der Waals surface area contributed by atoms with Crippen LogP contribution in [0.1, 0.15) is 17.9 Å². The highest BCUT2D eigenvalue weighted by atomic mass is 19.4. The molecule has 0 aromatic heterocycles. The van der Waals surface area contributed by atoms with E-state index in [1.165, 1.54) is 0 Å². The van der Waals surface area contributed by atoms with E-state index in [-0.39, 0.29) is 12.0 Å². The molecule has 0 saturated heterocycles. The van der Waals surface area contributed by atoms with Gasteiger partial charge in [0.2, 0.25) is 0 Å². The highest BCUT2D eigenvalue weighted by Gasteiger charge is 2.57. The minimum Gasteiger partial charge on any atom is -0.445 e. The maximum atomic E-state index is 12.6. The third-order valence-corrected chi connectivity index (χ3v) is 2.54. The second-order valence-electron chi connectivity index (χ2n) is 3.76. The number of benzene rings is 1. The Morgan fingerprint density at radius 1 is 1.07 bits per heavy atom. The van der Waals surface area contributed by atoms with Crippen molar-refractivity contribution in [1.29, 1.82) is 0 Å². The molecule has 0 bridgehead atoms. The van der Waals surface area contributed by atoms with Gasteiger partial charge in [-0.3, -0.25) is 0 Å². The van der Waals surface area contributed by atoms with Gasteiger partial charge in [-0.1, -0.05) is 24.3 Å². The molecule has 1 unspecified atom stereocenters. The van der Waals surface area contributed by atoms with Gasteiger partial charge in [-0.2, -0.15) is 0 Å². The number of rotatable bonds is 2. The Labute approximate surface area is 83.2 Å². The highest BCUT2D eigenvalue weighted by molar-refractivity contribution is 6.73. The van der Waals surface area contributed by atoms with Crippen molar-refractivity contribution in [2.45, 2.75) is 18.3 Å². The predicted octanol–water partition coefficient (Wildman–Crippen LogP) is 2.86. The molecule has 6 heteroatoms. The van der Waals surface area contributed by atoms with E-state index in [0.717, 1.165) is 24.3 Å². The second kappa shape index (κ2) is 2.96. The van der Waals surface area contributed by atoms with E-state index in [1.807, 2.05) is 0 Å². The van der Waals surface area contributed by atoms with Crippen LogP contribution in [0.15, 0.2) is 24.3 Å². The van der Waals surface area contributed by atoms with Gasteiger partial charge in [0, 0.05) is 6.42 Å². The van der Waals surface area contributed by atoms with Gasteiger partial charge in [-0.05, 0) is 5.56 Å². The molecule has 1 aliphatic rings. The molecule has 1 aliphatic carbocycles. The quantitative estimate of drug-likeness (QED) is 0.532. The maximum Gasteiger partial charge on any atom is 0.509 e. The summed E-state index contributed by atoms with van der Waals surface area (Å²) in [5.74, 6) is -3.63. The molecule has 15 heavy (non-hydrogen) atoms. The first kappa shape index (κ1) is 10.5. The van der Waals surface area contributed by atoms with Gasteiger partial charge >= 0.3 is 6.98 Å². The summed E-state index contributed by atoms with van der Waals surface area (Å²) < 4.78 is 61.8. The number of alkyl halides is 2. The number of hydrogen-bond acceptors (Lipinski definition) is 0. The smallest absolute Gasteiger partial charge is 0.445 e. The van der Waals surface area contributed by atoms with Crippen molar-refractivity contribution >= 4 is 12.4 Å². The molecule has 1 fully saturated rings. The molecule has 0 aliphatic heterocycles. The van der Waals surface area contributed by atoms with Crippen LogP contribution in [0.5, 0.6) is 0 Å². The van der Waals surface area contributed by atoms with Gasteiger partial charge in [0.15, 0.2) is 0 Å². The fourth-order valence-electron chi connectivity index (χ4n) is 1.52. The number of halogens is 5. The molecule has 1 atom stereocenters. The van der Waals surface area contributed by atoms with Crippen LogP contribution < -0.4 is 5.46 Å². The molecule has 82 valence electrons. The SMILES string of the molecule is F[B-](F)(F)c1ccc(C2CC2(F)F)cc1. The van der Waals surface area contributed by atoms with Gasteiger partial charge in [0.1, 0.15) is 0 Å². The van der Waals surface area contributed by atoms with E-state index in [9.17, 15) is 21.7 Å². The summed E-state index contributed by atoms with van der Waals surface area (Å²) in [4.78, 5) is 0. The van der Waals surface area contributed by atoms with Gasteiger partial charge in [-0.15, -0.1) is 5.46 Å². The lowest BCUT2D eigenvalue weighted by atomic mass is 9.80. The first-order chi connectivity index (χ1) is 6.81. The first-order valence-electron chi connectivity index (χ1n) is 4.48. The van der Waals surface area contributed by atoms with Crippen molar-refractivity contribution in [3.8, 4) is 0 Å². The summed E-state index contributed by atoms with van der Waals surface area (Å²) in [6, 6.07) is 4.00. The Morgan fingerprint density at radius 2 is 1.53 bits per heavy atom. The molecule has 1 aromatic rings. The van der Waals surface area contributed by atoms with E-state index in [1.54, 1.807) is 0 Å². The van der Waals surface area contributed by atoms with Crippen LogP contribution in [-0.4, -0.2) is 12.9 Å². The second-order valence-corrected chi connectivity index (χ2v) is 3.76. The Bertz CT molecular complexity index is 367. The third-order valence-electron chi connectivity index (χ3n) is 2.54. The fraction of sp³-hybridized carbons (Fsp3) is 0.333. The summed E-state index contributed by atoms with van der Waals surface area (Å²) >= 11 is 0. The van der Waals surface area contributed by atoms with Crippen LogP contribution in [-0.2, 0) is 0 Å². The lowest BCUT2D eigenvalue weighted by molar-refractivity contribution is 0.112. The van der Waals surface area contributed by atoms with Crippen molar-refractivity contribution in [3.63, 3.8) is 0 Å². The van der Waals surface area contributed by atoms with Crippen LogP contribution in [0.4, 0.5) is 21.7 Å². The van der Waals surface area contributed by atoms with Crippen molar-refractivity contribution < 1.29 is 21.7 Å². The molecule has 0 amide bonds. The standard InChI is InChI=1S/C9H7BF5/c11-9(12)5-8(9)6-1-3-7(4-2-6)10(13,14)15/h1-4,8H,5H2/q-1. The summed E-state index contributed by atoms with van der Waals surface area (Å²) in [7, 11) is 0. The fourth-order valence-corrected chi connectivity index (χ4v) is 1.52. The average Bonchev–Trinajstić information content (AvgIpc) is 2.74.